The zero-order valence-corrected chi connectivity index (χ0v) is 13.5. The number of hydrogen-bond donors (Lipinski definition) is 2. The van der Waals surface area contributed by atoms with Crippen molar-refractivity contribution in [1.82, 2.24) is 24.5 Å². The maximum Gasteiger partial charge on any atom is 0.327 e. The van der Waals surface area contributed by atoms with E-state index in [9.17, 15) is 4.79 Å². The monoisotopic (exact) mass is 345 g/mol. The molecule has 0 unspecified atom stereocenters. The van der Waals surface area contributed by atoms with Gasteiger partial charge in [0.05, 0.1) is 16.6 Å². The van der Waals surface area contributed by atoms with Gasteiger partial charge in [-0.15, -0.1) is 0 Å². The zero-order chi connectivity index (χ0) is 15.8. The average molecular weight is 346 g/mol. The molecule has 1 aromatic carbocycles. The lowest BCUT2D eigenvalue weighted by Crippen LogP contribution is -2.18. The van der Waals surface area contributed by atoms with Crippen molar-refractivity contribution in [2.24, 2.45) is 0 Å². The van der Waals surface area contributed by atoms with Crippen LogP contribution in [0.15, 0.2) is 46.3 Å². The van der Waals surface area contributed by atoms with E-state index in [1.54, 1.807) is 28.5 Å². The fraction of sp³-hybridized carbons (Fsp3) is 0.133. The first-order valence-electron chi connectivity index (χ1n) is 7.03. The number of aromatic amines is 2. The van der Waals surface area contributed by atoms with Crippen molar-refractivity contribution < 1.29 is 0 Å². The first-order valence-corrected chi connectivity index (χ1v) is 8.40. The van der Waals surface area contributed by atoms with Crippen LogP contribution in [0.1, 0.15) is 0 Å². The molecule has 6 nitrogen and oxygen atoms in total. The van der Waals surface area contributed by atoms with Gasteiger partial charge in [-0.05, 0) is 24.3 Å². The van der Waals surface area contributed by atoms with E-state index in [1.165, 1.54) is 0 Å². The molecular weight excluding hydrogens is 334 g/mol. The Morgan fingerprint density at radius 1 is 1.09 bits per heavy atom. The number of nitrogens with one attached hydrogen (secondary N) is 2. The highest BCUT2D eigenvalue weighted by Gasteiger charge is 2.09. The van der Waals surface area contributed by atoms with Crippen LogP contribution < -0.4 is 5.69 Å². The number of benzene rings is 1. The average Bonchev–Trinajstić information content (AvgIpc) is 3.08. The van der Waals surface area contributed by atoms with Gasteiger partial charge in [-0.2, -0.15) is 0 Å². The van der Waals surface area contributed by atoms with Crippen LogP contribution >= 0.6 is 23.4 Å². The summed E-state index contributed by atoms with van der Waals surface area (Å²) in [4.78, 5) is 26.8. The van der Waals surface area contributed by atoms with Crippen LogP contribution in [0.2, 0.25) is 5.15 Å². The van der Waals surface area contributed by atoms with E-state index < -0.39 is 0 Å². The summed E-state index contributed by atoms with van der Waals surface area (Å²) in [5, 5.41) is 1.21. The molecule has 23 heavy (non-hydrogen) atoms. The number of hydrogen-bond acceptors (Lipinski definition) is 4. The molecule has 3 heterocycles. The quantitative estimate of drug-likeness (QED) is 0.440. The topological polar surface area (TPSA) is 79.4 Å². The molecule has 0 saturated heterocycles. The summed E-state index contributed by atoms with van der Waals surface area (Å²) in [7, 11) is 0. The molecule has 0 aliphatic carbocycles. The number of thioether (sulfide) groups is 1. The van der Waals surface area contributed by atoms with Crippen molar-refractivity contribution >= 4 is 45.6 Å². The lowest BCUT2D eigenvalue weighted by Gasteiger charge is -2.01. The highest BCUT2D eigenvalue weighted by molar-refractivity contribution is 7.99. The van der Waals surface area contributed by atoms with Crippen LogP contribution in [0, 0.1) is 0 Å². The first kappa shape index (κ1) is 14.3. The molecule has 0 amide bonds. The Bertz CT molecular complexity index is 1020. The molecule has 0 aliphatic rings. The summed E-state index contributed by atoms with van der Waals surface area (Å²) in [5.41, 5.74) is 3.03. The number of rotatable bonds is 4. The number of pyridine rings is 1. The fourth-order valence-corrected chi connectivity index (χ4v) is 3.40. The predicted molar refractivity (Wildman–Crippen MR) is 92.2 cm³/mol. The molecule has 0 saturated carbocycles. The lowest BCUT2D eigenvalue weighted by atomic mass is 10.3. The van der Waals surface area contributed by atoms with Gasteiger partial charge in [0.2, 0.25) is 0 Å². The van der Waals surface area contributed by atoms with Gasteiger partial charge in [0.15, 0.2) is 10.8 Å². The van der Waals surface area contributed by atoms with Gasteiger partial charge in [0.1, 0.15) is 5.15 Å². The van der Waals surface area contributed by atoms with Crippen molar-refractivity contribution in [3.8, 4) is 0 Å². The predicted octanol–water partition coefficient (Wildman–Crippen LogP) is 3.05. The van der Waals surface area contributed by atoms with E-state index in [4.69, 9.17) is 11.6 Å². The molecule has 0 radical (unpaired) electrons. The Kier molecular flexibility index (Phi) is 3.59. The van der Waals surface area contributed by atoms with Gasteiger partial charge in [0, 0.05) is 12.3 Å². The Labute approximate surface area is 139 Å². The molecule has 0 spiro atoms. The molecule has 0 bridgehead atoms. The molecule has 3 aromatic heterocycles. The minimum Gasteiger partial charge on any atom is -0.333 e. The van der Waals surface area contributed by atoms with Crippen LogP contribution in [0.4, 0.5) is 0 Å². The van der Waals surface area contributed by atoms with Crippen LogP contribution in [-0.4, -0.2) is 30.3 Å². The number of aryl methyl sites for hydroxylation is 1. The van der Waals surface area contributed by atoms with Crippen LogP contribution in [0.3, 0.4) is 0 Å². The van der Waals surface area contributed by atoms with Gasteiger partial charge >= 0.3 is 5.69 Å². The van der Waals surface area contributed by atoms with Crippen molar-refractivity contribution in [3.63, 3.8) is 0 Å². The summed E-state index contributed by atoms with van der Waals surface area (Å²) in [6.45, 7) is 0.522. The van der Waals surface area contributed by atoms with Gasteiger partial charge in [-0.25, -0.2) is 14.8 Å². The molecule has 0 atom stereocenters. The van der Waals surface area contributed by atoms with Crippen molar-refractivity contribution in [2.75, 3.05) is 5.75 Å². The Balaban J connectivity index is 1.54. The highest BCUT2D eigenvalue weighted by atomic mass is 35.5. The second kappa shape index (κ2) is 5.75. The summed E-state index contributed by atoms with van der Waals surface area (Å²) in [6.07, 6.45) is 0. The molecule has 8 heteroatoms. The summed E-state index contributed by atoms with van der Waals surface area (Å²) >= 11 is 7.48. The highest BCUT2D eigenvalue weighted by Crippen LogP contribution is 2.20. The minimum atomic E-state index is -0.181. The molecule has 0 aliphatic heterocycles. The third-order valence-corrected chi connectivity index (χ3v) is 4.57. The molecule has 4 rings (SSSR count). The van der Waals surface area contributed by atoms with Crippen LogP contribution in [0.5, 0.6) is 0 Å². The smallest absolute Gasteiger partial charge is 0.327 e. The number of para-hydroxylation sites is 2. The second-order valence-electron chi connectivity index (χ2n) is 4.99. The van der Waals surface area contributed by atoms with Gasteiger partial charge in [-0.1, -0.05) is 35.5 Å². The van der Waals surface area contributed by atoms with E-state index >= 15 is 0 Å². The number of imidazole rings is 2. The Hall–Kier alpha value is -2.25. The summed E-state index contributed by atoms with van der Waals surface area (Å²) in [5.74, 6) is 0.695. The lowest BCUT2D eigenvalue weighted by molar-refractivity contribution is 0.752. The van der Waals surface area contributed by atoms with E-state index in [0.29, 0.717) is 28.6 Å². The minimum absolute atomic E-state index is 0.181. The van der Waals surface area contributed by atoms with Gasteiger partial charge in [0.25, 0.3) is 0 Å². The van der Waals surface area contributed by atoms with E-state index in [0.717, 1.165) is 16.2 Å². The fourth-order valence-electron chi connectivity index (χ4n) is 2.45. The van der Waals surface area contributed by atoms with Crippen LogP contribution in [0.25, 0.3) is 22.2 Å². The van der Waals surface area contributed by atoms with E-state index in [1.807, 2.05) is 24.3 Å². The zero-order valence-electron chi connectivity index (χ0n) is 11.9. The number of H-pyrrole nitrogens is 2. The molecule has 0 fully saturated rings. The summed E-state index contributed by atoms with van der Waals surface area (Å²) < 4.78 is 1.59. The number of aromatic nitrogens is 5. The van der Waals surface area contributed by atoms with Crippen molar-refractivity contribution in [1.29, 1.82) is 0 Å². The molecule has 2 N–H and O–H groups in total. The van der Waals surface area contributed by atoms with Crippen molar-refractivity contribution in [2.45, 2.75) is 11.7 Å². The molecule has 116 valence electrons. The maximum atomic E-state index is 12.0. The third-order valence-electron chi connectivity index (χ3n) is 3.50. The molecule has 4 aromatic rings. The normalized spacial score (nSPS) is 11.5. The number of halogens is 1. The van der Waals surface area contributed by atoms with Gasteiger partial charge < -0.3 is 9.97 Å². The van der Waals surface area contributed by atoms with Gasteiger partial charge in [-0.3, -0.25) is 4.57 Å². The number of fused-ring (bicyclic) bond motifs is 2. The Morgan fingerprint density at radius 3 is 2.83 bits per heavy atom. The largest absolute Gasteiger partial charge is 0.333 e. The van der Waals surface area contributed by atoms with Crippen LogP contribution in [-0.2, 0) is 6.54 Å². The first-order chi connectivity index (χ1) is 11.2. The maximum absolute atomic E-state index is 12.0. The summed E-state index contributed by atoms with van der Waals surface area (Å²) in [6, 6.07) is 11.3. The third kappa shape index (κ3) is 2.73. The SMILES string of the molecule is O=c1[nH]c2ccc(Cl)nc2n1CCSc1nc2ccccc2[nH]1. The standard InChI is InChI=1S/C15H12ClN5OS/c16-12-6-5-11-13(20-12)21(15(22)19-11)7-8-23-14-17-9-3-1-2-4-10(9)18-14/h1-6H,7-8H2,(H,17,18)(H,19,22). The van der Waals surface area contributed by atoms with E-state index in [2.05, 4.69) is 19.9 Å². The number of nitrogens with zero attached hydrogens (tertiary/aromatic N) is 3. The van der Waals surface area contributed by atoms with Crippen molar-refractivity contribution in [3.05, 3.63) is 52.0 Å². The Morgan fingerprint density at radius 2 is 1.96 bits per heavy atom. The van der Waals surface area contributed by atoms with E-state index in [-0.39, 0.29) is 5.69 Å². The molecular formula is C15H12ClN5OS. The second-order valence-corrected chi connectivity index (χ2v) is 6.47.